The van der Waals surface area contributed by atoms with Gasteiger partial charge in [0.05, 0.1) is 20.8 Å². The molecule has 4 rings (SSSR count). The van der Waals surface area contributed by atoms with E-state index < -0.39 is 5.97 Å². The molecule has 1 N–H and O–H groups in total. The van der Waals surface area contributed by atoms with E-state index >= 15 is 0 Å². The number of benzene rings is 3. The van der Waals surface area contributed by atoms with E-state index in [4.69, 9.17) is 18.9 Å². The molecule has 0 saturated heterocycles. The summed E-state index contributed by atoms with van der Waals surface area (Å²) in [4.78, 5) is 25.6. The number of ether oxygens (including phenoxy) is 4. The van der Waals surface area contributed by atoms with Crippen LogP contribution in [0.4, 0.5) is 5.00 Å². The number of hydrogen-bond donors (Lipinski definition) is 1. The Morgan fingerprint density at radius 2 is 1.47 bits per heavy atom. The van der Waals surface area contributed by atoms with Crippen molar-refractivity contribution in [1.29, 1.82) is 0 Å². The van der Waals surface area contributed by atoms with Crippen LogP contribution in [0, 0.1) is 6.92 Å². The van der Waals surface area contributed by atoms with Gasteiger partial charge in [-0.25, -0.2) is 4.79 Å². The molecule has 0 unspecified atom stereocenters. The van der Waals surface area contributed by atoms with Gasteiger partial charge in [-0.3, -0.25) is 4.79 Å². The molecule has 0 radical (unpaired) electrons. The predicted molar refractivity (Wildman–Crippen MR) is 150 cm³/mol. The third kappa shape index (κ3) is 6.15. The smallest absolute Gasteiger partial charge is 0.341 e. The van der Waals surface area contributed by atoms with E-state index in [1.807, 2.05) is 30.3 Å². The van der Waals surface area contributed by atoms with Crippen molar-refractivity contribution in [2.24, 2.45) is 0 Å². The first kappa shape index (κ1) is 26.8. The Morgan fingerprint density at radius 1 is 0.842 bits per heavy atom. The van der Waals surface area contributed by atoms with Crippen LogP contribution in [0.2, 0.25) is 0 Å². The van der Waals surface area contributed by atoms with E-state index in [1.165, 1.54) is 16.9 Å². The summed E-state index contributed by atoms with van der Waals surface area (Å²) in [7, 11) is 3.10. The van der Waals surface area contributed by atoms with Crippen LogP contribution in [-0.2, 0) is 9.53 Å². The fraction of sp³-hybridized carbons (Fsp3) is 0.200. The first-order chi connectivity index (χ1) is 18.4. The van der Waals surface area contributed by atoms with Gasteiger partial charge >= 0.3 is 5.97 Å². The summed E-state index contributed by atoms with van der Waals surface area (Å²) in [6.45, 7) is 3.77. The number of carbonyl (C=O) groups is 2. The van der Waals surface area contributed by atoms with Crippen LogP contribution in [0.25, 0.3) is 22.3 Å². The van der Waals surface area contributed by atoms with E-state index in [1.54, 1.807) is 38.7 Å². The van der Waals surface area contributed by atoms with Gasteiger partial charge in [0, 0.05) is 10.9 Å². The van der Waals surface area contributed by atoms with Gasteiger partial charge in [-0.05, 0) is 54.8 Å². The number of carbonyl (C=O) groups excluding carboxylic acids is 2. The molecule has 1 heterocycles. The van der Waals surface area contributed by atoms with E-state index in [2.05, 4.69) is 36.5 Å². The van der Waals surface area contributed by atoms with Crippen LogP contribution in [0.15, 0.2) is 72.1 Å². The molecule has 38 heavy (non-hydrogen) atoms. The number of nitrogens with one attached hydrogen (secondary N) is 1. The number of aryl methyl sites for hydroxylation is 1. The van der Waals surface area contributed by atoms with Gasteiger partial charge in [0.1, 0.15) is 16.3 Å². The van der Waals surface area contributed by atoms with Crippen molar-refractivity contribution in [2.45, 2.75) is 13.8 Å². The molecule has 0 bridgehead atoms. The molecule has 3 aromatic carbocycles. The summed E-state index contributed by atoms with van der Waals surface area (Å²) in [6, 6.07) is 21.2. The van der Waals surface area contributed by atoms with Gasteiger partial charge in [0.2, 0.25) is 0 Å². The minimum atomic E-state index is -0.526. The van der Waals surface area contributed by atoms with Crippen molar-refractivity contribution in [2.75, 3.05) is 32.8 Å². The van der Waals surface area contributed by atoms with Gasteiger partial charge in [-0.15, -0.1) is 11.3 Å². The molecule has 1 amide bonds. The Kier molecular flexibility index (Phi) is 8.66. The average Bonchev–Trinajstić information content (AvgIpc) is 3.35. The summed E-state index contributed by atoms with van der Waals surface area (Å²) < 4.78 is 21.7. The SMILES string of the molecule is CCOC(=O)c1c(-c2ccc(OC)c(OC)c2)csc1NC(=O)COc1ccc(-c2ccc(C)cc2)cc1. The normalized spacial score (nSPS) is 10.5. The van der Waals surface area contributed by atoms with Gasteiger partial charge in [-0.1, -0.05) is 48.0 Å². The minimum Gasteiger partial charge on any atom is -0.493 e. The lowest BCUT2D eigenvalue weighted by Crippen LogP contribution is -2.21. The van der Waals surface area contributed by atoms with Gasteiger partial charge < -0.3 is 24.3 Å². The lowest BCUT2D eigenvalue weighted by molar-refractivity contribution is -0.118. The molecule has 0 atom stereocenters. The lowest BCUT2D eigenvalue weighted by atomic mass is 10.0. The highest BCUT2D eigenvalue weighted by Gasteiger charge is 2.23. The maximum Gasteiger partial charge on any atom is 0.341 e. The predicted octanol–water partition coefficient (Wildman–Crippen LogP) is 6.60. The monoisotopic (exact) mass is 531 g/mol. The highest BCUT2D eigenvalue weighted by molar-refractivity contribution is 7.15. The van der Waals surface area contributed by atoms with Crippen molar-refractivity contribution in [3.63, 3.8) is 0 Å². The molecule has 8 heteroatoms. The summed E-state index contributed by atoms with van der Waals surface area (Å²) in [5, 5.41) is 4.99. The topological polar surface area (TPSA) is 83.1 Å². The molecule has 0 aliphatic rings. The van der Waals surface area contributed by atoms with E-state index in [9.17, 15) is 9.59 Å². The van der Waals surface area contributed by atoms with Crippen molar-refractivity contribution >= 4 is 28.2 Å². The summed E-state index contributed by atoms with van der Waals surface area (Å²) in [6.07, 6.45) is 0. The Balaban J connectivity index is 1.48. The average molecular weight is 532 g/mol. The zero-order valence-electron chi connectivity index (χ0n) is 21.7. The van der Waals surface area contributed by atoms with Crippen molar-refractivity contribution < 1.29 is 28.5 Å². The molecule has 1 aromatic heterocycles. The zero-order valence-corrected chi connectivity index (χ0v) is 22.5. The molecule has 0 aliphatic heterocycles. The Bertz CT molecular complexity index is 1410. The summed E-state index contributed by atoms with van der Waals surface area (Å²) in [5.41, 5.74) is 4.99. The summed E-state index contributed by atoms with van der Waals surface area (Å²) in [5.74, 6) is 0.749. The van der Waals surface area contributed by atoms with Gasteiger partial charge in [-0.2, -0.15) is 0 Å². The van der Waals surface area contributed by atoms with Crippen LogP contribution in [0.1, 0.15) is 22.8 Å². The number of amides is 1. The summed E-state index contributed by atoms with van der Waals surface area (Å²) >= 11 is 1.24. The number of rotatable bonds is 10. The molecular weight excluding hydrogens is 502 g/mol. The molecule has 196 valence electrons. The van der Waals surface area contributed by atoms with Gasteiger partial charge in [0.25, 0.3) is 5.91 Å². The molecule has 7 nitrogen and oxygen atoms in total. The van der Waals surface area contributed by atoms with E-state index in [0.29, 0.717) is 27.8 Å². The molecule has 4 aromatic rings. The first-order valence-electron chi connectivity index (χ1n) is 12.0. The number of thiophene rings is 1. The van der Waals surface area contributed by atoms with Crippen LogP contribution in [0.5, 0.6) is 17.2 Å². The maximum absolute atomic E-state index is 12.9. The first-order valence-corrected chi connectivity index (χ1v) is 12.9. The van der Waals surface area contributed by atoms with Crippen LogP contribution in [0.3, 0.4) is 0 Å². The third-order valence-electron chi connectivity index (χ3n) is 5.83. The molecule has 0 spiro atoms. The van der Waals surface area contributed by atoms with Crippen molar-refractivity contribution in [3.05, 3.63) is 83.2 Å². The number of esters is 1. The van der Waals surface area contributed by atoms with Crippen molar-refractivity contribution in [1.82, 2.24) is 0 Å². The van der Waals surface area contributed by atoms with Crippen LogP contribution < -0.4 is 19.5 Å². The van der Waals surface area contributed by atoms with Gasteiger partial charge in [0.15, 0.2) is 18.1 Å². The Labute approximate surface area is 225 Å². The molecule has 0 saturated carbocycles. The highest BCUT2D eigenvalue weighted by Crippen LogP contribution is 2.39. The second-order valence-electron chi connectivity index (χ2n) is 8.37. The number of methoxy groups -OCH3 is 2. The third-order valence-corrected chi connectivity index (χ3v) is 6.72. The largest absolute Gasteiger partial charge is 0.493 e. The van der Waals surface area contributed by atoms with Crippen molar-refractivity contribution in [3.8, 4) is 39.5 Å². The van der Waals surface area contributed by atoms with Crippen LogP contribution in [-0.4, -0.2) is 39.3 Å². The lowest BCUT2D eigenvalue weighted by Gasteiger charge is -2.12. The molecule has 0 fully saturated rings. The number of hydrogen-bond acceptors (Lipinski definition) is 7. The van der Waals surface area contributed by atoms with Crippen LogP contribution >= 0.6 is 11.3 Å². The van der Waals surface area contributed by atoms with E-state index in [0.717, 1.165) is 16.7 Å². The quantitative estimate of drug-likeness (QED) is 0.232. The Morgan fingerprint density at radius 3 is 2.11 bits per heavy atom. The second kappa shape index (κ2) is 12.3. The fourth-order valence-corrected chi connectivity index (χ4v) is 4.85. The highest BCUT2D eigenvalue weighted by atomic mass is 32.1. The minimum absolute atomic E-state index is 0.204. The standard InChI is InChI=1S/C30H29NO6S/c1-5-36-30(33)28-24(22-12-15-25(34-3)26(16-22)35-4)18-38-29(28)31-27(32)17-37-23-13-10-21(11-14-23)20-8-6-19(2)7-9-20/h6-16,18H,5,17H2,1-4H3,(H,31,32). The fourth-order valence-electron chi connectivity index (χ4n) is 3.87. The zero-order chi connectivity index (χ0) is 27.1. The Hall–Kier alpha value is -4.30. The molecule has 0 aliphatic carbocycles. The molecular formula is C30H29NO6S. The number of anilines is 1. The second-order valence-corrected chi connectivity index (χ2v) is 9.25. The van der Waals surface area contributed by atoms with E-state index in [-0.39, 0.29) is 24.7 Å². The maximum atomic E-state index is 12.9.